The van der Waals surface area contributed by atoms with E-state index >= 15 is 0 Å². The summed E-state index contributed by atoms with van der Waals surface area (Å²) in [5.41, 5.74) is 9.31. The molecule has 0 aliphatic heterocycles. The Morgan fingerprint density at radius 1 is 1.41 bits per heavy atom. The molecule has 0 aliphatic carbocycles. The third-order valence-electron chi connectivity index (χ3n) is 2.78. The number of aromatic nitrogens is 1. The van der Waals surface area contributed by atoms with E-state index in [2.05, 4.69) is 35.3 Å². The van der Waals surface area contributed by atoms with Crippen molar-refractivity contribution in [3.8, 4) is 11.8 Å². The van der Waals surface area contributed by atoms with Crippen molar-refractivity contribution < 1.29 is 0 Å². The van der Waals surface area contributed by atoms with Gasteiger partial charge in [0.1, 0.15) is 5.69 Å². The monoisotopic (exact) mass is 226 g/mol. The highest BCUT2D eigenvalue weighted by molar-refractivity contribution is 5.58. The van der Waals surface area contributed by atoms with Crippen molar-refractivity contribution in [1.82, 2.24) is 4.40 Å². The van der Waals surface area contributed by atoms with Crippen LogP contribution >= 0.6 is 0 Å². The second-order valence-electron chi connectivity index (χ2n) is 4.28. The average Bonchev–Trinajstić information content (AvgIpc) is 2.69. The molecule has 0 saturated carbocycles. The van der Waals surface area contributed by atoms with Gasteiger partial charge in [-0.3, -0.25) is 0 Å². The number of fused-ring (bicyclic) bond motifs is 1. The first kappa shape index (κ1) is 11.8. The van der Waals surface area contributed by atoms with Crippen LogP contribution in [-0.4, -0.2) is 4.40 Å². The molecule has 2 rings (SSSR count). The summed E-state index contributed by atoms with van der Waals surface area (Å²) in [5, 5.41) is 0. The molecule has 0 radical (unpaired) electrons. The van der Waals surface area contributed by atoms with Crippen LogP contribution in [0.5, 0.6) is 0 Å². The van der Waals surface area contributed by atoms with E-state index in [-0.39, 0.29) is 6.04 Å². The van der Waals surface area contributed by atoms with Gasteiger partial charge in [-0.05, 0) is 37.5 Å². The lowest BCUT2D eigenvalue weighted by atomic mass is 10.1. The minimum absolute atomic E-state index is 0.0147. The highest BCUT2D eigenvalue weighted by atomic mass is 14.9. The summed E-state index contributed by atoms with van der Waals surface area (Å²) < 4.78 is 2.11. The van der Waals surface area contributed by atoms with Crippen molar-refractivity contribution in [3.05, 3.63) is 41.7 Å². The fourth-order valence-corrected chi connectivity index (χ4v) is 1.90. The van der Waals surface area contributed by atoms with Crippen molar-refractivity contribution in [1.29, 1.82) is 0 Å². The molecule has 2 aromatic rings. The van der Waals surface area contributed by atoms with Crippen molar-refractivity contribution >= 4 is 5.52 Å². The van der Waals surface area contributed by atoms with Crippen LogP contribution in [0.25, 0.3) is 5.52 Å². The first-order valence-corrected chi connectivity index (χ1v) is 6.08. The summed E-state index contributed by atoms with van der Waals surface area (Å²) in [6, 6.07) is 8.27. The zero-order chi connectivity index (χ0) is 12.3. The van der Waals surface area contributed by atoms with Crippen LogP contribution < -0.4 is 5.73 Å². The number of hydrogen-bond donors (Lipinski definition) is 1. The Kier molecular flexibility index (Phi) is 3.51. The van der Waals surface area contributed by atoms with Crippen molar-refractivity contribution in [3.63, 3.8) is 0 Å². The van der Waals surface area contributed by atoms with Crippen LogP contribution in [0.1, 0.15) is 44.0 Å². The largest absolute Gasteiger partial charge is 0.324 e. The quantitative estimate of drug-likeness (QED) is 0.784. The zero-order valence-electron chi connectivity index (χ0n) is 10.4. The molecule has 0 saturated heterocycles. The molecule has 0 bridgehead atoms. The van der Waals surface area contributed by atoms with Gasteiger partial charge in [-0.25, -0.2) is 0 Å². The first-order valence-electron chi connectivity index (χ1n) is 6.08. The van der Waals surface area contributed by atoms with E-state index in [0.717, 1.165) is 29.6 Å². The third-order valence-corrected chi connectivity index (χ3v) is 2.78. The highest BCUT2D eigenvalue weighted by Gasteiger charge is 2.10. The van der Waals surface area contributed by atoms with Gasteiger partial charge in [-0.15, -0.1) is 0 Å². The SMILES string of the molecule is CCCC#Cc1c(C(C)N)cc2ccccn12. The minimum atomic E-state index is 0.0147. The van der Waals surface area contributed by atoms with Crippen LogP contribution in [0.15, 0.2) is 30.5 Å². The topological polar surface area (TPSA) is 30.4 Å². The number of nitrogens with zero attached hydrogens (tertiary/aromatic N) is 1. The number of hydrogen-bond acceptors (Lipinski definition) is 1. The van der Waals surface area contributed by atoms with Gasteiger partial charge in [-0.2, -0.15) is 0 Å². The molecule has 2 nitrogen and oxygen atoms in total. The molecular formula is C15H18N2. The smallest absolute Gasteiger partial charge is 0.101 e. The Morgan fingerprint density at radius 2 is 2.24 bits per heavy atom. The maximum absolute atomic E-state index is 6.00. The van der Waals surface area contributed by atoms with Crippen molar-refractivity contribution in [2.75, 3.05) is 0 Å². The van der Waals surface area contributed by atoms with Gasteiger partial charge in [0.15, 0.2) is 0 Å². The molecule has 88 valence electrons. The molecule has 17 heavy (non-hydrogen) atoms. The van der Waals surface area contributed by atoms with E-state index in [0.29, 0.717) is 0 Å². The minimum Gasteiger partial charge on any atom is -0.324 e. The van der Waals surface area contributed by atoms with Gasteiger partial charge in [-0.1, -0.05) is 18.9 Å². The van der Waals surface area contributed by atoms with E-state index in [1.807, 2.05) is 25.3 Å². The Hall–Kier alpha value is -1.72. The molecular weight excluding hydrogens is 208 g/mol. The molecule has 2 N–H and O–H groups in total. The number of nitrogens with two attached hydrogens (primary N) is 1. The second kappa shape index (κ2) is 5.07. The highest BCUT2D eigenvalue weighted by Crippen LogP contribution is 2.20. The Labute approximate surface area is 102 Å². The summed E-state index contributed by atoms with van der Waals surface area (Å²) >= 11 is 0. The molecule has 0 spiro atoms. The predicted octanol–water partition coefficient (Wildman–Crippen LogP) is 3.11. The molecule has 1 unspecified atom stereocenters. The van der Waals surface area contributed by atoms with Gasteiger partial charge >= 0.3 is 0 Å². The van der Waals surface area contributed by atoms with Crippen LogP contribution in [0.2, 0.25) is 0 Å². The van der Waals surface area contributed by atoms with E-state index in [9.17, 15) is 0 Å². The van der Waals surface area contributed by atoms with Gasteiger partial charge in [0.2, 0.25) is 0 Å². The van der Waals surface area contributed by atoms with E-state index in [1.54, 1.807) is 0 Å². The summed E-state index contributed by atoms with van der Waals surface area (Å²) in [6.45, 7) is 4.14. The predicted molar refractivity (Wildman–Crippen MR) is 71.8 cm³/mol. The summed E-state index contributed by atoms with van der Waals surface area (Å²) in [4.78, 5) is 0. The third kappa shape index (κ3) is 2.35. The number of pyridine rings is 1. The Bertz CT molecular complexity index is 567. The lowest BCUT2D eigenvalue weighted by Gasteiger charge is -2.03. The molecule has 1 atom stereocenters. The second-order valence-corrected chi connectivity index (χ2v) is 4.28. The molecule has 2 heterocycles. The first-order chi connectivity index (χ1) is 8.24. The zero-order valence-corrected chi connectivity index (χ0v) is 10.4. The normalized spacial score (nSPS) is 12.2. The molecule has 0 amide bonds. The van der Waals surface area contributed by atoms with Gasteiger partial charge in [0.25, 0.3) is 0 Å². The summed E-state index contributed by atoms with van der Waals surface area (Å²) in [7, 11) is 0. The summed E-state index contributed by atoms with van der Waals surface area (Å²) in [5.74, 6) is 6.45. The fraction of sp³-hybridized carbons (Fsp3) is 0.333. The molecule has 0 aliphatic rings. The van der Waals surface area contributed by atoms with Gasteiger partial charge in [0, 0.05) is 29.7 Å². The van der Waals surface area contributed by atoms with Crippen LogP contribution in [0.3, 0.4) is 0 Å². The molecule has 0 aromatic carbocycles. The fourth-order valence-electron chi connectivity index (χ4n) is 1.90. The van der Waals surface area contributed by atoms with E-state index in [1.165, 1.54) is 0 Å². The van der Waals surface area contributed by atoms with Crippen molar-refractivity contribution in [2.45, 2.75) is 32.7 Å². The average molecular weight is 226 g/mol. The Balaban J connectivity index is 2.57. The van der Waals surface area contributed by atoms with Gasteiger partial charge in [0.05, 0.1) is 0 Å². The Morgan fingerprint density at radius 3 is 2.94 bits per heavy atom. The standard InChI is InChI=1S/C15H18N2/c1-3-4-5-9-15-14(12(2)16)11-13-8-6-7-10-17(13)15/h6-8,10-12H,3-4,16H2,1-2H3. The van der Waals surface area contributed by atoms with Crippen LogP contribution in [0.4, 0.5) is 0 Å². The lowest BCUT2D eigenvalue weighted by Crippen LogP contribution is -2.06. The van der Waals surface area contributed by atoms with E-state index < -0.39 is 0 Å². The maximum Gasteiger partial charge on any atom is 0.101 e. The molecule has 0 fully saturated rings. The molecule has 2 aromatic heterocycles. The molecule has 2 heteroatoms. The number of unbranched alkanes of at least 4 members (excludes halogenated alkanes) is 1. The van der Waals surface area contributed by atoms with Crippen LogP contribution in [0, 0.1) is 11.8 Å². The maximum atomic E-state index is 6.00. The van der Waals surface area contributed by atoms with Gasteiger partial charge < -0.3 is 10.1 Å². The van der Waals surface area contributed by atoms with E-state index in [4.69, 9.17) is 5.73 Å². The number of rotatable bonds is 2. The lowest BCUT2D eigenvalue weighted by molar-refractivity contribution is 0.814. The van der Waals surface area contributed by atoms with Crippen molar-refractivity contribution in [2.24, 2.45) is 5.73 Å². The van der Waals surface area contributed by atoms with Crippen LogP contribution in [-0.2, 0) is 0 Å². The summed E-state index contributed by atoms with van der Waals surface area (Å²) in [6.07, 6.45) is 4.06.